The fraction of sp³-hybridized carbons (Fsp3) is 0.0667. The van der Waals surface area contributed by atoms with Crippen LogP contribution >= 0.6 is 15.9 Å². The van der Waals surface area contributed by atoms with Crippen LogP contribution in [0.1, 0.15) is 15.9 Å². The molecular formula is C15H11BrFNO2. The van der Waals surface area contributed by atoms with Crippen molar-refractivity contribution in [3.05, 3.63) is 63.9 Å². The highest BCUT2D eigenvalue weighted by Gasteiger charge is 2.11. The highest BCUT2D eigenvalue weighted by molar-refractivity contribution is 9.10. The number of hydrogen-bond acceptors (Lipinski definition) is 2. The fourth-order valence-corrected chi connectivity index (χ4v) is 1.96. The van der Waals surface area contributed by atoms with Gasteiger partial charge >= 0.3 is 0 Å². The van der Waals surface area contributed by atoms with Gasteiger partial charge in [0.25, 0.3) is 0 Å². The van der Waals surface area contributed by atoms with Crippen LogP contribution in [0.5, 0.6) is 0 Å². The number of amides is 1. The summed E-state index contributed by atoms with van der Waals surface area (Å²) in [5.74, 6) is -0.745. The first-order valence-corrected chi connectivity index (χ1v) is 6.60. The zero-order valence-corrected chi connectivity index (χ0v) is 12.2. The molecule has 0 aliphatic rings. The van der Waals surface area contributed by atoms with Crippen molar-refractivity contribution < 1.29 is 14.0 Å². The van der Waals surface area contributed by atoms with Crippen molar-refractivity contribution in [2.24, 2.45) is 0 Å². The number of rotatable bonds is 4. The van der Waals surface area contributed by atoms with Crippen molar-refractivity contribution >= 4 is 33.8 Å². The molecule has 0 saturated carbocycles. The molecule has 0 radical (unpaired) electrons. The van der Waals surface area contributed by atoms with E-state index in [9.17, 15) is 14.0 Å². The molecule has 0 aliphatic heterocycles. The first-order valence-electron chi connectivity index (χ1n) is 5.81. The van der Waals surface area contributed by atoms with Crippen molar-refractivity contribution in [1.82, 2.24) is 0 Å². The number of halogens is 2. The average molecular weight is 336 g/mol. The van der Waals surface area contributed by atoms with Gasteiger partial charge in [-0.25, -0.2) is 4.39 Å². The van der Waals surface area contributed by atoms with E-state index in [1.807, 2.05) is 0 Å². The van der Waals surface area contributed by atoms with Gasteiger partial charge in [-0.2, -0.15) is 0 Å². The van der Waals surface area contributed by atoms with E-state index in [2.05, 4.69) is 15.9 Å². The molecule has 0 aromatic heterocycles. The van der Waals surface area contributed by atoms with Crippen LogP contribution < -0.4 is 4.90 Å². The molecule has 0 N–H and O–H groups in total. The van der Waals surface area contributed by atoms with Crippen LogP contribution in [0.2, 0.25) is 0 Å². The van der Waals surface area contributed by atoms with E-state index in [-0.39, 0.29) is 11.3 Å². The maximum atomic E-state index is 13.4. The van der Waals surface area contributed by atoms with Crippen molar-refractivity contribution in [3.8, 4) is 0 Å². The SMILES string of the molecule is CN(C=O)c1ccc(C(=O)c2ccc(Br)c(F)c2)cc1. The standard InChI is InChI=1S/C15H11BrFNO2/c1-18(9-19)12-5-2-10(3-6-12)15(20)11-4-7-13(16)14(17)8-11/h2-9H,1H3. The number of carbonyl (C=O) groups excluding carboxylic acids is 2. The molecule has 0 unspecified atom stereocenters. The summed E-state index contributed by atoms with van der Waals surface area (Å²) in [6.45, 7) is 0. The monoisotopic (exact) mass is 335 g/mol. The van der Waals surface area contributed by atoms with E-state index in [4.69, 9.17) is 0 Å². The summed E-state index contributed by atoms with van der Waals surface area (Å²) >= 11 is 3.04. The molecular weight excluding hydrogens is 325 g/mol. The minimum absolute atomic E-state index is 0.267. The first-order chi connectivity index (χ1) is 9.52. The highest BCUT2D eigenvalue weighted by Crippen LogP contribution is 2.20. The lowest BCUT2D eigenvalue weighted by molar-refractivity contribution is -0.107. The fourth-order valence-electron chi connectivity index (χ4n) is 1.71. The summed E-state index contributed by atoms with van der Waals surface area (Å²) in [4.78, 5) is 24.2. The number of benzene rings is 2. The molecule has 102 valence electrons. The summed E-state index contributed by atoms with van der Waals surface area (Å²) in [7, 11) is 1.62. The zero-order chi connectivity index (χ0) is 14.7. The third-order valence-corrected chi connectivity index (χ3v) is 3.52. The lowest BCUT2D eigenvalue weighted by Crippen LogP contribution is -2.13. The molecule has 2 aromatic carbocycles. The second-order valence-electron chi connectivity index (χ2n) is 4.22. The van der Waals surface area contributed by atoms with E-state index in [0.717, 1.165) is 0 Å². The van der Waals surface area contributed by atoms with Crippen molar-refractivity contribution in [1.29, 1.82) is 0 Å². The predicted molar refractivity (Wildman–Crippen MR) is 78.4 cm³/mol. The highest BCUT2D eigenvalue weighted by atomic mass is 79.9. The van der Waals surface area contributed by atoms with Gasteiger partial charge in [-0.3, -0.25) is 9.59 Å². The third-order valence-electron chi connectivity index (χ3n) is 2.88. The first kappa shape index (κ1) is 14.4. The molecule has 0 aliphatic carbocycles. The molecule has 2 rings (SSSR count). The number of carbonyl (C=O) groups is 2. The third kappa shape index (κ3) is 2.93. The summed E-state index contributed by atoms with van der Waals surface area (Å²) in [6, 6.07) is 10.8. The Morgan fingerprint density at radius 1 is 1.15 bits per heavy atom. The average Bonchev–Trinajstić information content (AvgIpc) is 2.48. The topological polar surface area (TPSA) is 37.4 Å². The van der Waals surface area contributed by atoms with Crippen LogP contribution in [0.3, 0.4) is 0 Å². The molecule has 5 heteroatoms. The van der Waals surface area contributed by atoms with Gasteiger partial charge in [0.05, 0.1) is 4.47 Å². The molecule has 1 amide bonds. The summed E-state index contributed by atoms with van der Waals surface area (Å²) in [6.07, 6.45) is 0.681. The molecule has 0 atom stereocenters. The minimum atomic E-state index is -0.479. The Hall–Kier alpha value is -2.01. The lowest BCUT2D eigenvalue weighted by Gasteiger charge is -2.10. The van der Waals surface area contributed by atoms with Crippen LogP contribution in [0.15, 0.2) is 46.9 Å². The number of ketones is 1. The van der Waals surface area contributed by atoms with Crippen LogP contribution in [0.25, 0.3) is 0 Å². The van der Waals surface area contributed by atoms with Gasteiger partial charge < -0.3 is 4.90 Å². The smallest absolute Gasteiger partial charge is 0.213 e. The van der Waals surface area contributed by atoms with Gasteiger partial charge in [0.2, 0.25) is 6.41 Å². The Morgan fingerprint density at radius 2 is 1.75 bits per heavy atom. The number of nitrogens with zero attached hydrogens (tertiary/aromatic N) is 1. The van der Waals surface area contributed by atoms with Gasteiger partial charge in [0, 0.05) is 23.9 Å². The number of hydrogen-bond donors (Lipinski definition) is 0. The van der Waals surface area contributed by atoms with E-state index >= 15 is 0 Å². The Kier molecular flexibility index (Phi) is 4.29. The normalized spacial score (nSPS) is 10.2. The minimum Gasteiger partial charge on any atom is -0.318 e. The predicted octanol–water partition coefficient (Wildman–Crippen LogP) is 3.41. The van der Waals surface area contributed by atoms with Gasteiger partial charge in [-0.1, -0.05) is 0 Å². The molecule has 0 fully saturated rings. The Balaban J connectivity index is 2.29. The Morgan fingerprint density at radius 3 is 2.30 bits per heavy atom. The molecule has 0 heterocycles. The van der Waals surface area contributed by atoms with Crippen LogP contribution in [0, 0.1) is 5.82 Å². The van der Waals surface area contributed by atoms with Gasteiger partial charge in [0.15, 0.2) is 5.78 Å². The lowest BCUT2D eigenvalue weighted by atomic mass is 10.0. The van der Waals surface area contributed by atoms with Gasteiger partial charge in [0.1, 0.15) is 5.82 Å². The number of anilines is 1. The molecule has 0 saturated heterocycles. The van der Waals surface area contributed by atoms with E-state index in [0.29, 0.717) is 22.1 Å². The zero-order valence-electron chi connectivity index (χ0n) is 10.6. The maximum Gasteiger partial charge on any atom is 0.213 e. The van der Waals surface area contributed by atoms with Gasteiger partial charge in [-0.05, 0) is 58.4 Å². The second-order valence-corrected chi connectivity index (χ2v) is 5.08. The van der Waals surface area contributed by atoms with Crippen molar-refractivity contribution in [2.75, 3.05) is 11.9 Å². The van der Waals surface area contributed by atoms with E-state index < -0.39 is 5.82 Å². The van der Waals surface area contributed by atoms with E-state index in [1.54, 1.807) is 37.4 Å². The van der Waals surface area contributed by atoms with Crippen molar-refractivity contribution in [2.45, 2.75) is 0 Å². The maximum absolute atomic E-state index is 13.4. The van der Waals surface area contributed by atoms with Crippen LogP contribution in [-0.2, 0) is 4.79 Å². The summed E-state index contributed by atoms with van der Waals surface area (Å²) < 4.78 is 13.7. The Labute approximate surface area is 124 Å². The molecule has 3 nitrogen and oxygen atoms in total. The quantitative estimate of drug-likeness (QED) is 0.634. The molecule has 2 aromatic rings. The summed E-state index contributed by atoms with van der Waals surface area (Å²) in [5.41, 5.74) is 1.40. The van der Waals surface area contributed by atoms with Crippen LogP contribution in [0.4, 0.5) is 10.1 Å². The largest absolute Gasteiger partial charge is 0.318 e. The summed E-state index contributed by atoms with van der Waals surface area (Å²) in [5, 5.41) is 0. The Bertz CT molecular complexity index is 655. The molecule has 0 spiro atoms. The molecule has 0 bridgehead atoms. The van der Waals surface area contributed by atoms with Crippen molar-refractivity contribution in [3.63, 3.8) is 0 Å². The van der Waals surface area contributed by atoms with E-state index in [1.165, 1.54) is 17.0 Å². The second kappa shape index (κ2) is 5.96. The van der Waals surface area contributed by atoms with Gasteiger partial charge in [-0.15, -0.1) is 0 Å². The molecule has 20 heavy (non-hydrogen) atoms. The van der Waals surface area contributed by atoms with Crippen LogP contribution in [-0.4, -0.2) is 19.2 Å².